The van der Waals surface area contributed by atoms with Crippen LogP contribution < -0.4 is 0 Å². The first-order valence-corrected chi connectivity index (χ1v) is 5.28. The Morgan fingerprint density at radius 1 is 1.70 bits per heavy atom. The van der Waals surface area contributed by atoms with Crippen LogP contribution in [0.5, 0.6) is 0 Å². The van der Waals surface area contributed by atoms with Crippen LogP contribution in [0.25, 0.3) is 0 Å². The molecule has 0 spiro atoms. The van der Waals surface area contributed by atoms with E-state index in [1.807, 2.05) is 0 Å². The number of allylic oxidation sites excluding steroid dienone is 1. The lowest BCUT2D eigenvalue weighted by atomic mass is 10.1. The van der Waals surface area contributed by atoms with E-state index in [1.54, 1.807) is 5.57 Å². The average Bonchev–Trinajstić information content (AvgIpc) is 1.88. The average molecular weight is 251 g/mol. The SMILES string of the molecule is CN1CCC/C(=C\CI)C1. The van der Waals surface area contributed by atoms with Gasteiger partial charge in [-0.2, -0.15) is 0 Å². The highest BCUT2D eigenvalue weighted by molar-refractivity contribution is 14.1. The third-order valence-corrected chi connectivity index (χ3v) is 2.32. The fourth-order valence-corrected chi connectivity index (χ4v) is 1.98. The molecule has 0 aromatic rings. The van der Waals surface area contributed by atoms with Gasteiger partial charge in [-0.15, -0.1) is 0 Å². The van der Waals surface area contributed by atoms with Gasteiger partial charge in [-0.05, 0) is 26.4 Å². The highest BCUT2D eigenvalue weighted by atomic mass is 127. The summed E-state index contributed by atoms with van der Waals surface area (Å²) in [5.41, 5.74) is 1.63. The van der Waals surface area contributed by atoms with Gasteiger partial charge in [0.2, 0.25) is 0 Å². The molecule has 1 rings (SSSR count). The Morgan fingerprint density at radius 3 is 3.10 bits per heavy atom. The number of nitrogens with zero attached hydrogens (tertiary/aromatic N) is 1. The number of rotatable bonds is 1. The molecular formula is C8H14IN. The molecule has 1 heterocycles. The fourth-order valence-electron chi connectivity index (χ4n) is 1.36. The number of halogens is 1. The van der Waals surface area contributed by atoms with E-state index in [-0.39, 0.29) is 0 Å². The van der Waals surface area contributed by atoms with E-state index >= 15 is 0 Å². The van der Waals surface area contributed by atoms with Crippen molar-refractivity contribution >= 4 is 22.6 Å². The summed E-state index contributed by atoms with van der Waals surface area (Å²) in [7, 11) is 2.19. The Balaban J connectivity index is 2.39. The molecule has 1 saturated heterocycles. The molecule has 0 aromatic heterocycles. The molecule has 0 N–H and O–H groups in total. The molecule has 1 fully saturated rings. The third kappa shape index (κ3) is 2.58. The summed E-state index contributed by atoms with van der Waals surface area (Å²) in [6.07, 6.45) is 5.03. The predicted molar refractivity (Wildman–Crippen MR) is 53.7 cm³/mol. The maximum atomic E-state index is 2.40. The zero-order valence-corrected chi connectivity index (χ0v) is 8.60. The van der Waals surface area contributed by atoms with E-state index in [9.17, 15) is 0 Å². The number of likely N-dealkylation sites (tertiary alicyclic amines) is 1. The minimum Gasteiger partial charge on any atom is -0.302 e. The van der Waals surface area contributed by atoms with Gasteiger partial charge in [-0.1, -0.05) is 34.2 Å². The Labute approximate surface area is 76.6 Å². The highest BCUT2D eigenvalue weighted by Crippen LogP contribution is 2.13. The molecular weight excluding hydrogens is 237 g/mol. The molecule has 10 heavy (non-hydrogen) atoms. The molecule has 0 aliphatic carbocycles. The molecule has 0 bridgehead atoms. The standard InChI is InChI=1S/C8H14IN/c1-10-6-2-3-8(7-10)4-5-9/h4H,2-3,5-7H2,1H3/b8-4+. The second-order valence-corrected chi connectivity index (χ2v) is 3.74. The van der Waals surface area contributed by atoms with E-state index in [0.29, 0.717) is 0 Å². The second kappa shape index (κ2) is 4.34. The van der Waals surface area contributed by atoms with Gasteiger partial charge in [0.1, 0.15) is 0 Å². The van der Waals surface area contributed by atoms with Crippen molar-refractivity contribution in [2.24, 2.45) is 0 Å². The molecule has 1 nitrogen and oxygen atoms in total. The predicted octanol–water partition coefficient (Wildman–Crippen LogP) is 2.07. The van der Waals surface area contributed by atoms with Gasteiger partial charge in [-0.3, -0.25) is 0 Å². The van der Waals surface area contributed by atoms with Gasteiger partial charge >= 0.3 is 0 Å². The molecule has 0 unspecified atom stereocenters. The topological polar surface area (TPSA) is 3.24 Å². The van der Waals surface area contributed by atoms with Crippen LogP contribution in [-0.2, 0) is 0 Å². The van der Waals surface area contributed by atoms with Crippen LogP contribution in [-0.4, -0.2) is 29.5 Å². The number of hydrogen-bond acceptors (Lipinski definition) is 1. The van der Waals surface area contributed by atoms with E-state index in [1.165, 1.54) is 30.4 Å². The van der Waals surface area contributed by atoms with Crippen molar-refractivity contribution in [3.05, 3.63) is 11.6 Å². The first-order valence-electron chi connectivity index (χ1n) is 3.75. The fraction of sp³-hybridized carbons (Fsp3) is 0.750. The number of alkyl halides is 1. The molecule has 0 radical (unpaired) electrons. The largest absolute Gasteiger partial charge is 0.302 e. The summed E-state index contributed by atoms with van der Waals surface area (Å²) in [5, 5.41) is 0. The van der Waals surface area contributed by atoms with Gasteiger partial charge in [0.25, 0.3) is 0 Å². The lowest BCUT2D eigenvalue weighted by molar-refractivity contribution is 0.322. The quantitative estimate of drug-likeness (QED) is 0.392. The summed E-state index contributed by atoms with van der Waals surface area (Å²) in [6, 6.07) is 0. The maximum Gasteiger partial charge on any atom is 0.0190 e. The lowest BCUT2D eigenvalue weighted by Crippen LogP contribution is -2.26. The van der Waals surface area contributed by atoms with Crippen molar-refractivity contribution in [3.63, 3.8) is 0 Å². The Bertz CT molecular complexity index is 131. The molecule has 0 amide bonds. The summed E-state index contributed by atoms with van der Waals surface area (Å²) in [6.45, 7) is 2.47. The van der Waals surface area contributed by atoms with Crippen molar-refractivity contribution in [1.29, 1.82) is 0 Å². The van der Waals surface area contributed by atoms with Crippen LogP contribution in [0.3, 0.4) is 0 Å². The monoisotopic (exact) mass is 251 g/mol. The van der Waals surface area contributed by atoms with Crippen LogP contribution >= 0.6 is 22.6 Å². The van der Waals surface area contributed by atoms with Crippen LogP contribution in [0.4, 0.5) is 0 Å². The van der Waals surface area contributed by atoms with Gasteiger partial charge in [0, 0.05) is 11.0 Å². The van der Waals surface area contributed by atoms with Crippen LogP contribution in [0.15, 0.2) is 11.6 Å². The number of hydrogen-bond donors (Lipinski definition) is 0. The van der Waals surface area contributed by atoms with Crippen LogP contribution in [0.2, 0.25) is 0 Å². The van der Waals surface area contributed by atoms with E-state index in [4.69, 9.17) is 0 Å². The van der Waals surface area contributed by atoms with Crippen molar-refractivity contribution in [1.82, 2.24) is 4.90 Å². The molecule has 0 aromatic carbocycles. The van der Waals surface area contributed by atoms with Crippen molar-refractivity contribution in [2.45, 2.75) is 12.8 Å². The zero-order valence-electron chi connectivity index (χ0n) is 6.44. The van der Waals surface area contributed by atoms with Crippen molar-refractivity contribution in [3.8, 4) is 0 Å². The zero-order chi connectivity index (χ0) is 7.40. The lowest BCUT2D eigenvalue weighted by Gasteiger charge is -2.24. The van der Waals surface area contributed by atoms with Crippen molar-refractivity contribution in [2.75, 3.05) is 24.6 Å². The normalized spacial score (nSPS) is 25.6. The first kappa shape index (κ1) is 8.53. The smallest absolute Gasteiger partial charge is 0.0190 e. The third-order valence-electron chi connectivity index (χ3n) is 1.88. The van der Waals surface area contributed by atoms with Crippen LogP contribution in [0, 0.1) is 0 Å². The first-order chi connectivity index (χ1) is 4.83. The number of piperidine rings is 1. The van der Waals surface area contributed by atoms with Gasteiger partial charge in [0.15, 0.2) is 0 Å². The molecule has 1 aliphatic heterocycles. The maximum absolute atomic E-state index is 2.40. The van der Waals surface area contributed by atoms with Gasteiger partial charge in [-0.25, -0.2) is 0 Å². The van der Waals surface area contributed by atoms with Gasteiger partial charge < -0.3 is 4.90 Å². The minimum atomic E-state index is 1.17. The summed E-state index contributed by atoms with van der Waals surface area (Å²) < 4.78 is 1.17. The Hall–Kier alpha value is 0.430. The Morgan fingerprint density at radius 2 is 2.50 bits per heavy atom. The van der Waals surface area contributed by atoms with Crippen molar-refractivity contribution < 1.29 is 0 Å². The molecule has 0 atom stereocenters. The molecule has 2 heteroatoms. The van der Waals surface area contributed by atoms with E-state index in [2.05, 4.69) is 40.6 Å². The summed E-state index contributed by atoms with van der Waals surface area (Å²) in [4.78, 5) is 2.39. The van der Waals surface area contributed by atoms with E-state index < -0.39 is 0 Å². The summed E-state index contributed by atoms with van der Waals surface area (Å²) >= 11 is 2.40. The van der Waals surface area contributed by atoms with Gasteiger partial charge in [0.05, 0.1) is 0 Å². The molecule has 58 valence electrons. The van der Waals surface area contributed by atoms with E-state index in [0.717, 1.165) is 0 Å². The number of likely N-dealkylation sites (N-methyl/N-ethyl adjacent to an activating group) is 1. The molecule has 0 saturated carbocycles. The molecule has 1 aliphatic rings. The summed E-state index contributed by atoms with van der Waals surface area (Å²) in [5.74, 6) is 0. The minimum absolute atomic E-state index is 1.17. The Kier molecular flexibility index (Phi) is 3.70. The second-order valence-electron chi connectivity index (χ2n) is 2.86. The highest BCUT2D eigenvalue weighted by Gasteiger charge is 2.08. The van der Waals surface area contributed by atoms with Crippen LogP contribution in [0.1, 0.15) is 12.8 Å².